The molecule has 0 saturated heterocycles. The largest absolute Gasteiger partial charge is 0.310 e. The third-order valence-electron chi connectivity index (χ3n) is 13.3. The standard InChI is InChI=1S/C64H51N3/c1-46-23-21-37-60-63(46)59-40-39-54(45-61(59)64(60,2)3)67(62-38-20-19-36-58(62)49-27-22-26-48(41-49)47-24-9-4-10-25-47)57-43-55(65(50-28-11-5-12-29-50)51-30-13-6-14-31-51)42-56(44-57)66(52-32-15-7-16-33-52)53-34-17-8-18-35-53/h4-45H,1-3H3. The van der Waals surface area contributed by atoms with E-state index in [4.69, 9.17) is 0 Å². The van der Waals surface area contributed by atoms with Crippen molar-refractivity contribution < 1.29 is 0 Å². The first-order valence-corrected chi connectivity index (χ1v) is 23.2. The number of aryl methyl sites for hydroxylation is 1. The lowest BCUT2D eigenvalue weighted by Crippen LogP contribution is -2.18. The first kappa shape index (κ1) is 41.3. The van der Waals surface area contributed by atoms with Crippen LogP contribution in [-0.2, 0) is 5.41 Å². The fourth-order valence-electron chi connectivity index (χ4n) is 10.1. The molecule has 0 radical (unpaired) electrons. The van der Waals surface area contributed by atoms with Gasteiger partial charge in [0.25, 0.3) is 0 Å². The van der Waals surface area contributed by atoms with Crippen LogP contribution in [0.15, 0.2) is 255 Å². The monoisotopic (exact) mass is 861 g/mol. The first-order chi connectivity index (χ1) is 32.9. The van der Waals surface area contributed by atoms with Gasteiger partial charge in [0.05, 0.1) is 22.7 Å². The van der Waals surface area contributed by atoms with Gasteiger partial charge in [-0.15, -0.1) is 0 Å². The maximum absolute atomic E-state index is 2.49. The predicted molar refractivity (Wildman–Crippen MR) is 284 cm³/mol. The number of nitrogens with zero attached hydrogens (tertiary/aromatic N) is 3. The van der Waals surface area contributed by atoms with Gasteiger partial charge in [-0.1, -0.05) is 178 Å². The molecule has 0 spiro atoms. The van der Waals surface area contributed by atoms with E-state index in [0.717, 1.165) is 62.3 Å². The molecule has 11 rings (SSSR count). The Kier molecular flexibility index (Phi) is 10.8. The van der Waals surface area contributed by atoms with Gasteiger partial charge < -0.3 is 14.7 Å². The highest BCUT2D eigenvalue weighted by Gasteiger charge is 2.37. The summed E-state index contributed by atoms with van der Waals surface area (Å²) in [7, 11) is 0. The number of rotatable bonds is 11. The van der Waals surface area contributed by atoms with E-state index >= 15 is 0 Å². The van der Waals surface area contributed by atoms with Gasteiger partial charge in [-0.05, 0) is 142 Å². The zero-order valence-electron chi connectivity index (χ0n) is 38.1. The topological polar surface area (TPSA) is 9.72 Å². The second kappa shape index (κ2) is 17.5. The molecule has 0 bridgehead atoms. The van der Waals surface area contributed by atoms with Crippen molar-refractivity contribution in [2.75, 3.05) is 14.7 Å². The number of anilines is 9. The Balaban J connectivity index is 1.21. The Morgan fingerprint density at radius 3 is 1.28 bits per heavy atom. The fourth-order valence-corrected chi connectivity index (χ4v) is 10.1. The highest BCUT2D eigenvalue weighted by Crippen LogP contribution is 2.53. The molecule has 322 valence electrons. The summed E-state index contributed by atoms with van der Waals surface area (Å²) in [6.07, 6.45) is 0. The maximum Gasteiger partial charge on any atom is 0.0540 e. The van der Waals surface area contributed by atoms with E-state index in [-0.39, 0.29) is 5.41 Å². The van der Waals surface area contributed by atoms with Gasteiger partial charge in [-0.3, -0.25) is 0 Å². The van der Waals surface area contributed by atoms with Crippen molar-refractivity contribution in [3.8, 4) is 33.4 Å². The van der Waals surface area contributed by atoms with E-state index in [2.05, 4.69) is 290 Å². The molecule has 0 aromatic heterocycles. The zero-order valence-corrected chi connectivity index (χ0v) is 38.1. The molecule has 10 aromatic carbocycles. The summed E-state index contributed by atoms with van der Waals surface area (Å²) in [5.41, 5.74) is 20.6. The summed E-state index contributed by atoms with van der Waals surface area (Å²) in [4.78, 5) is 7.24. The van der Waals surface area contributed by atoms with Gasteiger partial charge >= 0.3 is 0 Å². The molecule has 3 nitrogen and oxygen atoms in total. The molecule has 3 heteroatoms. The highest BCUT2D eigenvalue weighted by molar-refractivity contribution is 5.95. The molecular weight excluding hydrogens is 811 g/mol. The average Bonchev–Trinajstić information content (AvgIpc) is 3.62. The first-order valence-electron chi connectivity index (χ1n) is 23.2. The summed E-state index contributed by atoms with van der Waals surface area (Å²) >= 11 is 0. The van der Waals surface area contributed by atoms with Crippen molar-refractivity contribution in [1.29, 1.82) is 0 Å². The van der Waals surface area contributed by atoms with Gasteiger partial charge in [0.1, 0.15) is 0 Å². The summed E-state index contributed by atoms with van der Waals surface area (Å²) in [5.74, 6) is 0. The predicted octanol–water partition coefficient (Wildman–Crippen LogP) is 18.0. The van der Waals surface area contributed by atoms with Crippen LogP contribution in [-0.4, -0.2) is 0 Å². The number of hydrogen-bond donors (Lipinski definition) is 0. The quantitative estimate of drug-likeness (QED) is 0.128. The minimum absolute atomic E-state index is 0.205. The number of hydrogen-bond acceptors (Lipinski definition) is 3. The van der Waals surface area contributed by atoms with Crippen LogP contribution in [0.4, 0.5) is 51.2 Å². The minimum Gasteiger partial charge on any atom is -0.310 e. The van der Waals surface area contributed by atoms with Crippen LogP contribution in [0.1, 0.15) is 30.5 Å². The molecule has 10 aromatic rings. The van der Waals surface area contributed by atoms with Crippen molar-refractivity contribution in [2.45, 2.75) is 26.2 Å². The molecule has 0 amide bonds. The van der Waals surface area contributed by atoms with Crippen molar-refractivity contribution >= 4 is 51.2 Å². The second-order valence-electron chi connectivity index (χ2n) is 17.9. The van der Waals surface area contributed by atoms with Crippen LogP contribution >= 0.6 is 0 Å². The van der Waals surface area contributed by atoms with Gasteiger partial charge in [0, 0.05) is 39.4 Å². The van der Waals surface area contributed by atoms with Crippen LogP contribution in [0.25, 0.3) is 33.4 Å². The van der Waals surface area contributed by atoms with Crippen LogP contribution in [0.5, 0.6) is 0 Å². The maximum atomic E-state index is 2.49. The fraction of sp³-hybridized carbons (Fsp3) is 0.0625. The Morgan fingerprint density at radius 2 is 0.731 bits per heavy atom. The highest BCUT2D eigenvalue weighted by atomic mass is 15.2. The van der Waals surface area contributed by atoms with Crippen LogP contribution in [0.3, 0.4) is 0 Å². The molecular formula is C64H51N3. The summed E-state index contributed by atoms with van der Waals surface area (Å²) < 4.78 is 0. The molecule has 0 aliphatic heterocycles. The third kappa shape index (κ3) is 7.75. The SMILES string of the molecule is Cc1cccc2c1-c1ccc(N(c3cc(N(c4ccccc4)c4ccccc4)cc(N(c4ccccc4)c4ccccc4)c3)c3ccccc3-c3cccc(-c4ccccc4)c3)cc1C2(C)C. The van der Waals surface area contributed by atoms with E-state index < -0.39 is 0 Å². The second-order valence-corrected chi connectivity index (χ2v) is 17.9. The summed E-state index contributed by atoms with van der Waals surface area (Å²) in [6.45, 7) is 7.00. The minimum atomic E-state index is -0.205. The van der Waals surface area contributed by atoms with E-state index in [9.17, 15) is 0 Å². The number of benzene rings is 10. The van der Waals surface area contributed by atoms with E-state index in [0.29, 0.717) is 0 Å². The Morgan fingerprint density at radius 1 is 0.284 bits per heavy atom. The van der Waals surface area contributed by atoms with Gasteiger partial charge in [0.2, 0.25) is 0 Å². The molecule has 1 aliphatic rings. The molecule has 0 atom stereocenters. The van der Waals surface area contributed by atoms with Crippen molar-refractivity contribution in [2.24, 2.45) is 0 Å². The smallest absolute Gasteiger partial charge is 0.0540 e. The van der Waals surface area contributed by atoms with Crippen molar-refractivity contribution in [1.82, 2.24) is 0 Å². The number of para-hydroxylation sites is 5. The summed E-state index contributed by atoms with van der Waals surface area (Å²) in [6, 6.07) is 92.4. The Bertz CT molecular complexity index is 3150. The van der Waals surface area contributed by atoms with Crippen LogP contribution in [0, 0.1) is 6.92 Å². The molecule has 0 saturated carbocycles. The lowest BCUT2D eigenvalue weighted by molar-refractivity contribution is 0.660. The van der Waals surface area contributed by atoms with Gasteiger partial charge in [-0.25, -0.2) is 0 Å². The van der Waals surface area contributed by atoms with E-state index in [1.54, 1.807) is 0 Å². The van der Waals surface area contributed by atoms with E-state index in [1.807, 2.05) is 0 Å². The molecule has 0 heterocycles. The third-order valence-corrected chi connectivity index (χ3v) is 13.3. The lowest BCUT2D eigenvalue weighted by Gasteiger charge is -2.34. The van der Waals surface area contributed by atoms with Crippen LogP contribution < -0.4 is 14.7 Å². The summed E-state index contributed by atoms with van der Waals surface area (Å²) in [5, 5.41) is 0. The Hall–Kier alpha value is -8.40. The lowest BCUT2D eigenvalue weighted by atomic mass is 9.82. The van der Waals surface area contributed by atoms with Crippen molar-refractivity contribution in [3.63, 3.8) is 0 Å². The number of fused-ring (bicyclic) bond motifs is 3. The van der Waals surface area contributed by atoms with Gasteiger partial charge in [0.15, 0.2) is 0 Å². The molecule has 1 aliphatic carbocycles. The van der Waals surface area contributed by atoms with Crippen molar-refractivity contribution in [3.05, 3.63) is 271 Å². The molecule has 0 fully saturated rings. The Labute approximate surface area is 395 Å². The average molecular weight is 862 g/mol. The van der Waals surface area contributed by atoms with E-state index in [1.165, 1.54) is 38.9 Å². The van der Waals surface area contributed by atoms with Crippen LogP contribution in [0.2, 0.25) is 0 Å². The molecule has 0 unspecified atom stereocenters. The normalized spacial score (nSPS) is 12.2. The molecule has 0 N–H and O–H groups in total. The molecule has 67 heavy (non-hydrogen) atoms. The zero-order chi connectivity index (χ0) is 45.3. The van der Waals surface area contributed by atoms with Gasteiger partial charge in [-0.2, -0.15) is 0 Å².